The fourth-order valence-corrected chi connectivity index (χ4v) is 2.31. The number of benzene rings is 1. The molecule has 0 amide bonds. The van der Waals surface area contributed by atoms with Gasteiger partial charge in [0, 0.05) is 12.1 Å². The molecule has 0 heterocycles. The first kappa shape index (κ1) is 13.2. The summed E-state index contributed by atoms with van der Waals surface area (Å²) in [5.74, 6) is -4.87. The van der Waals surface area contributed by atoms with Crippen LogP contribution in [0.25, 0.3) is 0 Å². The third-order valence-electron chi connectivity index (χ3n) is 3.48. The fourth-order valence-electron chi connectivity index (χ4n) is 2.31. The molecule has 0 saturated heterocycles. The summed E-state index contributed by atoms with van der Waals surface area (Å²) in [4.78, 5) is 0. The average molecular weight is 261 g/mol. The van der Waals surface area contributed by atoms with E-state index < -0.39 is 29.0 Å². The Kier molecular flexibility index (Phi) is 3.78. The van der Waals surface area contributed by atoms with Crippen LogP contribution in [-0.2, 0) is 0 Å². The lowest BCUT2D eigenvalue weighted by Gasteiger charge is -2.28. The van der Waals surface area contributed by atoms with Crippen LogP contribution in [0.15, 0.2) is 6.07 Å². The van der Waals surface area contributed by atoms with Gasteiger partial charge in [0.05, 0.1) is 0 Å². The van der Waals surface area contributed by atoms with E-state index in [0.29, 0.717) is 5.92 Å². The number of nitrogens with one attached hydrogen (secondary N) is 1. The third kappa shape index (κ3) is 2.60. The molecule has 0 unspecified atom stereocenters. The lowest BCUT2D eigenvalue weighted by atomic mass is 9.87. The van der Waals surface area contributed by atoms with E-state index in [4.69, 9.17) is 0 Å². The van der Waals surface area contributed by atoms with Gasteiger partial charge in [-0.1, -0.05) is 6.92 Å². The van der Waals surface area contributed by atoms with Crippen molar-refractivity contribution >= 4 is 5.69 Å². The quantitative estimate of drug-likeness (QED) is 0.620. The van der Waals surface area contributed by atoms with Gasteiger partial charge >= 0.3 is 0 Å². The first-order chi connectivity index (χ1) is 8.49. The van der Waals surface area contributed by atoms with Crippen LogP contribution in [0.1, 0.15) is 32.6 Å². The van der Waals surface area contributed by atoms with Crippen LogP contribution in [0.2, 0.25) is 0 Å². The standard InChI is InChI=1S/C13H15F4N/c1-7-2-4-8(5-3-7)18-13-11(16)9(14)6-10(15)12(13)17/h6-8,18H,2-5H2,1H3. The summed E-state index contributed by atoms with van der Waals surface area (Å²) >= 11 is 0. The summed E-state index contributed by atoms with van der Waals surface area (Å²) in [7, 11) is 0. The van der Waals surface area contributed by atoms with Gasteiger partial charge in [-0.3, -0.25) is 0 Å². The van der Waals surface area contributed by atoms with Crippen LogP contribution >= 0.6 is 0 Å². The summed E-state index contributed by atoms with van der Waals surface area (Å²) < 4.78 is 52.9. The zero-order valence-corrected chi connectivity index (χ0v) is 10.1. The Balaban J connectivity index is 2.18. The van der Waals surface area contributed by atoms with E-state index in [1.807, 2.05) is 0 Å². The van der Waals surface area contributed by atoms with Gasteiger partial charge in [-0.25, -0.2) is 17.6 Å². The van der Waals surface area contributed by atoms with Crippen molar-refractivity contribution in [2.24, 2.45) is 5.92 Å². The van der Waals surface area contributed by atoms with Gasteiger partial charge in [0.2, 0.25) is 0 Å². The molecule has 0 spiro atoms. The minimum Gasteiger partial charge on any atom is -0.377 e. The van der Waals surface area contributed by atoms with Crippen molar-refractivity contribution in [2.75, 3.05) is 5.32 Å². The van der Waals surface area contributed by atoms with Crippen molar-refractivity contribution in [1.29, 1.82) is 0 Å². The maximum atomic E-state index is 13.4. The van der Waals surface area contributed by atoms with Crippen molar-refractivity contribution in [1.82, 2.24) is 0 Å². The second kappa shape index (κ2) is 5.16. The molecule has 1 fully saturated rings. The monoisotopic (exact) mass is 261 g/mol. The molecule has 0 aromatic heterocycles. The van der Waals surface area contributed by atoms with Crippen molar-refractivity contribution in [3.63, 3.8) is 0 Å². The van der Waals surface area contributed by atoms with Gasteiger partial charge in [0.25, 0.3) is 0 Å². The molecule has 0 radical (unpaired) electrons. The highest BCUT2D eigenvalue weighted by Crippen LogP contribution is 2.29. The molecule has 1 aliphatic rings. The van der Waals surface area contributed by atoms with Gasteiger partial charge in [0.15, 0.2) is 23.3 Å². The molecule has 18 heavy (non-hydrogen) atoms. The van der Waals surface area contributed by atoms with Gasteiger partial charge in [-0.15, -0.1) is 0 Å². The molecule has 0 aliphatic heterocycles. The van der Waals surface area contributed by atoms with E-state index in [0.717, 1.165) is 25.7 Å². The number of anilines is 1. The average Bonchev–Trinajstić information content (AvgIpc) is 2.34. The maximum Gasteiger partial charge on any atom is 0.185 e. The topological polar surface area (TPSA) is 12.0 Å². The van der Waals surface area contributed by atoms with E-state index in [1.165, 1.54) is 0 Å². The molecule has 5 heteroatoms. The number of rotatable bonds is 2. The molecule has 1 aliphatic carbocycles. The molecule has 0 atom stereocenters. The van der Waals surface area contributed by atoms with E-state index in [9.17, 15) is 17.6 Å². The van der Waals surface area contributed by atoms with Crippen LogP contribution in [0.4, 0.5) is 23.2 Å². The Morgan fingerprint density at radius 2 is 1.44 bits per heavy atom. The van der Waals surface area contributed by atoms with Crippen LogP contribution in [-0.4, -0.2) is 6.04 Å². The third-order valence-corrected chi connectivity index (χ3v) is 3.48. The molecule has 1 aromatic rings. The predicted molar refractivity (Wildman–Crippen MR) is 61.3 cm³/mol. The summed E-state index contributed by atoms with van der Waals surface area (Å²) in [6.07, 6.45) is 3.38. The molecule has 1 N–H and O–H groups in total. The lowest BCUT2D eigenvalue weighted by molar-refractivity contribution is 0.358. The zero-order valence-electron chi connectivity index (χ0n) is 10.1. The van der Waals surface area contributed by atoms with Gasteiger partial charge in [-0.2, -0.15) is 0 Å². The van der Waals surface area contributed by atoms with Crippen molar-refractivity contribution in [2.45, 2.75) is 38.6 Å². The van der Waals surface area contributed by atoms with E-state index in [2.05, 4.69) is 12.2 Å². The number of hydrogen-bond acceptors (Lipinski definition) is 1. The van der Waals surface area contributed by atoms with Crippen molar-refractivity contribution in [3.05, 3.63) is 29.3 Å². The largest absolute Gasteiger partial charge is 0.377 e. The number of hydrogen-bond donors (Lipinski definition) is 1. The highest BCUT2D eigenvalue weighted by Gasteiger charge is 2.24. The molecule has 1 nitrogen and oxygen atoms in total. The molecule has 1 aromatic carbocycles. The van der Waals surface area contributed by atoms with E-state index in [1.54, 1.807) is 0 Å². The minimum absolute atomic E-state index is 0.133. The first-order valence-electron chi connectivity index (χ1n) is 6.08. The molecule has 0 bridgehead atoms. The zero-order chi connectivity index (χ0) is 13.3. The predicted octanol–water partition coefficient (Wildman–Crippen LogP) is 4.23. The first-order valence-corrected chi connectivity index (χ1v) is 6.08. The van der Waals surface area contributed by atoms with Crippen LogP contribution in [0.5, 0.6) is 0 Å². The van der Waals surface area contributed by atoms with Gasteiger partial charge in [0.1, 0.15) is 5.69 Å². The van der Waals surface area contributed by atoms with Crippen LogP contribution in [0.3, 0.4) is 0 Å². The molecular weight excluding hydrogens is 246 g/mol. The molecular formula is C13H15F4N. The highest BCUT2D eigenvalue weighted by atomic mass is 19.2. The number of halogens is 4. The normalized spacial score (nSPS) is 24.1. The maximum absolute atomic E-state index is 13.4. The molecule has 1 saturated carbocycles. The van der Waals surface area contributed by atoms with E-state index >= 15 is 0 Å². The van der Waals surface area contributed by atoms with Crippen LogP contribution in [0, 0.1) is 29.2 Å². The Morgan fingerprint density at radius 3 is 1.94 bits per heavy atom. The summed E-state index contributed by atoms with van der Waals surface area (Å²) in [6, 6.07) is 0.0881. The van der Waals surface area contributed by atoms with E-state index in [-0.39, 0.29) is 12.1 Å². The van der Waals surface area contributed by atoms with Gasteiger partial charge < -0.3 is 5.32 Å². The van der Waals surface area contributed by atoms with Crippen LogP contribution < -0.4 is 5.32 Å². The molecule has 100 valence electrons. The summed E-state index contributed by atoms with van der Waals surface area (Å²) in [6.45, 7) is 2.11. The Bertz CT molecular complexity index is 413. The fraction of sp³-hybridized carbons (Fsp3) is 0.538. The SMILES string of the molecule is CC1CCC(Nc2c(F)c(F)cc(F)c2F)CC1. The lowest BCUT2D eigenvalue weighted by Crippen LogP contribution is -2.26. The minimum atomic E-state index is -1.37. The van der Waals surface area contributed by atoms with Crippen molar-refractivity contribution < 1.29 is 17.6 Å². The smallest absolute Gasteiger partial charge is 0.185 e. The second-order valence-electron chi connectivity index (χ2n) is 4.94. The Morgan fingerprint density at radius 1 is 0.944 bits per heavy atom. The molecule has 2 rings (SSSR count). The summed E-state index contributed by atoms with van der Waals surface area (Å²) in [5, 5.41) is 2.59. The van der Waals surface area contributed by atoms with Crippen molar-refractivity contribution in [3.8, 4) is 0 Å². The second-order valence-corrected chi connectivity index (χ2v) is 4.94. The van der Waals surface area contributed by atoms with Gasteiger partial charge in [-0.05, 0) is 31.6 Å². The summed E-state index contributed by atoms with van der Waals surface area (Å²) in [5.41, 5.74) is -0.688. The Labute approximate surface area is 103 Å². The Hall–Kier alpha value is -1.26. The highest BCUT2D eigenvalue weighted by molar-refractivity contribution is 5.48.